The van der Waals surface area contributed by atoms with Crippen molar-refractivity contribution in [3.63, 3.8) is 0 Å². The first kappa shape index (κ1) is 7.66. The SMILES string of the molecule is Cn1nccc1/C=N/n1cncn1. The predicted molar refractivity (Wildman–Crippen MR) is 46.2 cm³/mol. The molecule has 0 aliphatic carbocycles. The molecule has 0 aliphatic rings. The number of aryl methyl sites for hydroxylation is 1. The molecule has 66 valence electrons. The van der Waals surface area contributed by atoms with E-state index in [0.717, 1.165) is 5.69 Å². The molecule has 13 heavy (non-hydrogen) atoms. The maximum absolute atomic E-state index is 4.03. The number of rotatable bonds is 2. The molecule has 2 aromatic heterocycles. The summed E-state index contributed by atoms with van der Waals surface area (Å²) in [5, 5.41) is 11.8. The van der Waals surface area contributed by atoms with E-state index in [1.54, 1.807) is 17.1 Å². The van der Waals surface area contributed by atoms with Gasteiger partial charge in [-0.3, -0.25) is 4.68 Å². The topological polar surface area (TPSA) is 60.9 Å². The summed E-state index contributed by atoms with van der Waals surface area (Å²) >= 11 is 0. The number of nitrogens with zero attached hydrogens (tertiary/aromatic N) is 6. The Bertz CT molecular complexity index is 398. The summed E-state index contributed by atoms with van der Waals surface area (Å²) in [5.74, 6) is 0. The standard InChI is InChI=1S/C7H8N6/c1-12-7(2-3-9-12)4-10-13-6-8-5-11-13/h2-6H,1H3/b10-4+. The van der Waals surface area contributed by atoms with E-state index >= 15 is 0 Å². The summed E-state index contributed by atoms with van der Waals surface area (Å²) in [6, 6.07) is 1.86. The molecule has 0 atom stereocenters. The molecule has 0 aliphatic heterocycles. The predicted octanol–water partition coefficient (Wildman–Crippen LogP) is -0.106. The second kappa shape index (κ2) is 3.18. The maximum atomic E-state index is 4.03. The van der Waals surface area contributed by atoms with Gasteiger partial charge < -0.3 is 0 Å². The molecule has 2 heterocycles. The number of aromatic nitrogens is 5. The molecule has 0 radical (unpaired) electrons. The highest BCUT2D eigenvalue weighted by Crippen LogP contribution is 1.91. The first-order valence-corrected chi connectivity index (χ1v) is 3.73. The monoisotopic (exact) mass is 176 g/mol. The van der Waals surface area contributed by atoms with E-state index in [-0.39, 0.29) is 0 Å². The molecule has 0 amide bonds. The van der Waals surface area contributed by atoms with Crippen molar-refractivity contribution in [2.75, 3.05) is 0 Å². The van der Waals surface area contributed by atoms with Crippen molar-refractivity contribution in [2.24, 2.45) is 12.1 Å². The minimum atomic E-state index is 0.913. The van der Waals surface area contributed by atoms with E-state index < -0.39 is 0 Å². The van der Waals surface area contributed by atoms with Gasteiger partial charge in [0.15, 0.2) is 0 Å². The third kappa shape index (κ3) is 1.61. The lowest BCUT2D eigenvalue weighted by Crippen LogP contribution is -1.98. The van der Waals surface area contributed by atoms with Gasteiger partial charge in [-0.15, -0.1) is 9.89 Å². The second-order valence-corrected chi connectivity index (χ2v) is 2.44. The molecule has 6 heteroatoms. The largest absolute Gasteiger partial charge is 0.267 e. The van der Waals surface area contributed by atoms with Crippen LogP contribution < -0.4 is 0 Å². The van der Waals surface area contributed by atoms with Crippen LogP contribution in [-0.4, -0.2) is 30.9 Å². The summed E-state index contributed by atoms with van der Waals surface area (Å²) < 4.78 is 1.72. The van der Waals surface area contributed by atoms with Crippen molar-refractivity contribution in [3.05, 3.63) is 30.6 Å². The van der Waals surface area contributed by atoms with Crippen LogP contribution in [0.2, 0.25) is 0 Å². The van der Waals surface area contributed by atoms with E-state index in [2.05, 4.69) is 20.3 Å². The normalized spacial score (nSPS) is 11.2. The Morgan fingerprint density at radius 3 is 3.00 bits per heavy atom. The van der Waals surface area contributed by atoms with E-state index in [1.165, 1.54) is 17.4 Å². The maximum Gasteiger partial charge on any atom is 0.139 e. The van der Waals surface area contributed by atoms with Gasteiger partial charge in [0.05, 0.1) is 11.9 Å². The van der Waals surface area contributed by atoms with E-state index in [9.17, 15) is 0 Å². The van der Waals surface area contributed by atoms with Crippen LogP contribution in [0.25, 0.3) is 0 Å². The molecule has 0 saturated carbocycles. The van der Waals surface area contributed by atoms with Gasteiger partial charge in [-0.05, 0) is 6.07 Å². The Kier molecular flexibility index (Phi) is 1.87. The van der Waals surface area contributed by atoms with Gasteiger partial charge in [0.25, 0.3) is 0 Å². The van der Waals surface area contributed by atoms with Crippen LogP contribution >= 0.6 is 0 Å². The summed E-state index contributed by atoms with van der Waals surface area (Å²) in [5.41, 5.74) is 0.913. The molecule has 2 rings (SSSR count). The Balaban J connectivity index is 2.19. The molecular weight excluding hydrogens is 168 g/mol. The van der Waals surface area contributed by atoms with E-state index in [0.29, 0.717) is 0 Å². The molecule has 0 saturated heterocycles. The van der Waals surface area contributed by atoms with Gasteiger partial charge in [0.2, 0.25) is 0 Å². The molecule has 0 unspecified atom stereocenters. The van der Waals surface area contributed by atoms with E-state index in [1.807, 2.05) is 13.1 Å². The second-order valence-electron chi connectivity index (χ2n) is 2.44. The van der Waals surface area contributed by atoms with Crippen molar-refractivity contribution in [1.29, 1.82) is 0 Å². The smallest absolute Gasteiger partial charge is 0.139 e. The molecule has 0 N–H and O–H groups in total. The fourth-order valence-corrected chi connectivity index (χ4v) is 0.891. The summed E-state index contributed by atoms with van der Waals surface area (Å²) in [7, 11) is 1.85. The van der Waals surface area contributed by atoms with Gasteiger partial charge in [-0.2, -0.15) is 10.2 Å². The van der Waals surface area contributed by atoms with Crippen LogP contribution in [0.3, 0.4) is 0 Å². The van der Waals surface area contributed by atoms with Crippen LogP contribution in [0.1, 0.15) is 5.69 Å². The average molecular weight is 176 g/mol. The first-order valence-electron chi connectivity index (χ1n) is 3.73. The van der Waals surface area contributed by atoms with Crippen molar-refractivity contribution in [2.45, 2.75) is 0 Å². The van der Waals surface area contributed by atoms with Crippen molar-refractivity contribution >= 4 is 6.21 Å². The Morgan fingerprint density at radius 1 is 1.46 bits per heavy atom. The number of hydrogen-bond donors (Lipinski definition) is 0. The van der Waals surface area contributed by atoms with Gasteiger partial charge in [0, 0.05) is 13.2 Å². The number of hydrogen-bond acceptors (Lipinski definition) is 4. The lowest BCUT2D eigenvalue weighted by molar-refractivity contribution is 0.733. The van der Waals surface area contributed by atoms with Gasteiger partial charge in [0.1, 0.15) is 12.7 Å². The zero-order valence-electron chi connectivity index (χ0n) is 7.07. The van der Waals surface area contributed by atoms with E-state index in [4.69, 9.17) is 0 Å². The molecule has 6 nitrogen and oxygen atoms in total. The van der Waals surface area contributed by atoms with Crippen LogP contribution in [0.4, 0.5) is 0 Å². The van der Waals surface area contributed by atoms with Crippen LogP contribution in [0.15, 0.2) is 30.0 Å². The van der Waals surface area contributed by atoms with Crippen molar-refractivity contribution in [3.8, 4) is 0 Å². The third-order valence-corrected chi connectivity index (χ3v) is 1.57. The molecule has 0 bridgehead atoms. The Labute approximate surface area is 74.5 Å². The highest BCUT2D eigenvalue weighted by Gasteiger charge is 1.92. The summed E-state index contributed by atoms with van der Waals surface area (Å²) in [6.07, 6.45) is 6.33. The summed E-state index contributed by atoms with van der Waals surface area (Å²) in [4.78, 5) is 5.14. The van der Waals surface area contributed by atoms with Crippen molar-refractivity contribution in [1.82, 2.24) is 24.7 Å². The molecular formula is C7H8N6. The third-order valence-electron chi connectivity index (χ3n) is 1.57. The van der Waals surface area contributed by atoms with Gasteiger partial charge in [-0.25, -0.2) is 4.98 Å². The zero-order valence-corrected chi connectivity index (χ0v) is 7.07. The van der Waals surface area contributed by atoms with Gasteiger partial charge >= 0.3 is 0 Å². The molecule has 0 fully saturated rings. The van der Waals surface area contributed by atoms with Crippen LogP contribution in [0.5, 0.6) is 0 Å². The highest BCUT2D eigenvalue weighted by molar-refractivity contribution is 5.76. The van der Waals surface area contributed by atoms with Gasteiger partial charge in [-0.1, -0.05) is 0 Å². The minimum Gasteiger partial charge on any atom is -0.267 e. The van der Waals surface area contributed by atoms with Crippen LogP contribution in [0, 0.1) is 0 Å². The average Bonchev–Trinajstić information content (AvgIpc) is 2.72. The molecule has 0 aromatic carbocycles. The first-order chi connectivity index (χ1) is 6.36. The lowest BCUT2D eigenvalue weighted by Gasteiger charge is -1.92. The zero-order chi connectivity index (χ0) is 9.10. The summed E-state index contributed by atoms with van der Waals surface area (Å²) in [6.45, 7) is 0. The quantitative estimate of drug-likeness (QED) is 0.600. The Hall–Kier alpha value is -1.98. The minimum absolute atomic E-state index is 0.913. The lowest BCUT2D eigenvalue weighted by atomic mass is 10.5. The fraction of sp³-hybridized carbons (Fsp3) is 0.143. The molecule has 2 aromatic rings. The van der Waals surface area contributed by atoms with Crippen LogP contribution in [-0.2, 0) is 7.05 Å². The van der Waals surface area contributed by atoms with Crippen molar-refractivity contribution < 1.29 is 0 Å². The molecule has 0 spiro atoms. The highest BCUT2D eigenvalue weighted by atomic mass is 15.5. The fourth-order valence-electron chi connectivity index (χ4n) is 0.891. The Morgan fingerprint density at radius 2 is 2.38 bits per heavy atom.